The van der Waals surface area contributed by atoms with E-state index >= 15 is 0 Å². The summed E-state index contributed by atoms with van der Waals surface area (Å²) in [6.07, 6.45) is 1.09. The van der Waals surface area contributed by atoms with Crippen LogP contribution in [0, 0.1) is 13.8 Å². The maximum atomic E-state index is 4.49. The van der Waals surface area contributed by atoms with Gasteiger partial charge in [0.15, 0.2) is 0 Å². The van der Waals surface area contributed by atoms with Crippen LogP contribution in [0.4, 0.5) is 5.82 Å². The van der Waals surface area contributed by atoms with Crippen LogP contribution in [0.2, 0.25) is 0 Å². The van der Waals surface area contributed by atoms with Crippen molar-refractivity contribution in [3.8, 4) is 0 Å². The van der Waals surface area contributed by atoms with Crippen molar-refractivity contribution in [1.29, 1.82) is 0 Å². The van der Waals surface area contributed by atoms with Crippen LogP contribution in [0.5, 0.6) is 0 Å². The zero-order valence-electron chi connectivity index (χ0n) is 11.6. The molecule has 100 valence electrons. The maximum Gasteiger partial charge on any atom is 0.130 e. The standard InChI is InChI=1S/C15H19N3S/c1-4-9-16-14-10-15(18-12(3)17-14)19-13-8-6-5-7-11(13)2/h5-8,10H,4,9H2,1-3H3,(H,16,17,18). The zero-order chi connectivity index (χ0) is 13.7. The van der Waals surface area contributed by atoms with E-state index in [9.17, 15) is 0 Å². The van der Waals surface area contributed by atoms with E-state index in [1.807, 2.05) is 13.0 Å². The van der Waals surface area contributed by atoms with E-state index in [1.54, 1.807) is 11.8 Å². The largest absolute Gasteiger partial charge is 0.370 e. The highest BCUT2D eigenvalue weighted by atomic mass is 32.2. The summed E-state index contributed by atoms with van der Waals surface area (Å²) >= 11 is 1.68. The molecule has 4 heteroatoms. The van der Waals surface area contributed by atoms with Gasteiger partial charge in [0.2, 0.25) is 0 Å². The van der Waals surface area contributed by atoms with Gasteiger partial charge in [0.1, 0.15) is 16.7 Å². The summed E-state index contributed by atoms with van der Waals surface area (Å²) in [7, 11) is 0. The van der Waals surface area contributed by atoms with Crippen molar-refractivity contribution in [2.24, 2.45) is 0 Å². The fraction of sp³-hybridized carbons (Fsp3) is 0.333. The summed E-state index contributed by atoms with van der Waals surface area (Å²) in [5.74, 6) is 1.71. The maximum absolute atomic E-state index is 4.49. The molecule has 2 rings (SSSR count). The quantitative estimate of drug-likeness (QED) is 0.833. The second-order valence-corrected chi connectivity index (χ2v) is 5.50. The molecule has 0 atom stereocenters. The molecule has 0 saturated carbocycles. The predicted octanol–water partition coefficient (Wildman–Crippen LogP) is 4.07. The van der Waals surface area contributed by atoms with E-state index in [4.69, 9.17) is 0 Å². The van der Waals surface area contributed by atoms with E-state index in [1.165, 1.54) is 10.5 Å². The first kappa shape index (κ1) is 13.9. The van der Waals surface area contributed by atoms with Crippen molar-refractivity contribution in [3.05, 3.63) is 41.7 Å². The number of anilines is 1. The summed E-state index contributed by atoms with van der Waals surface area (Å²) < 4.78 is 0. The lowest BCUT2D eigenvalue weighted by molar-refractivity contribution is 0.927. The van der Waals surface area contributed by atoms with Gasteiger partial charge < -0.3 is 5.32 Å². The van der Waals surface area contributed by atoms with Gasteiger partial charge in [0.05, 0.1) is 0 Å². The minimum Gasteiger partial charge on any atom is -0.370 e. The highest BCUT2D eigenvalue weighted by Gasteiger charge is 2.05. The summed E-state index contributed by atoms with van der Waals surface area (Å²) in [5.41, 5.74) is 1.27. The monoisotopic (exact) mass is 273 g/mol. The second kappa shape index (κ2) is 6.57. The zero-order valence-corrected chi connectivity index (χ0v) is 12.4. The number of aryl methyl sites for hydroxylation is 2. The molecule has 1 aromatic carbocycles. The molecule has 1 aromatic heterocycles. The Morgan fingerprint density at radius 1 is 1.16 bits per heavy atom. The summed E-state index contributed by atoms with van der Waals surface area (Å²) in [6, 6.07) is 10.4. The van der Waals surface area contributed by atoms with Gasteiger partial charge >= 0.3 is 0 Å². The lowest BCUT2D eigenvalue weighted by Gasteiger charge is -2.08. The van der Waals surface area contributed by atoms with Crippen LogP contribution >= 0.6 is 11.8 Å². The number of benzene rings is 1. The number of hydrogen-bond donors (Lipinski definition) is 1. The lowest BCUT2D eigenvalue weighted by Crippen LogP contribution is -2.04. The fourth-order valence-corrected chi connectivity index (χ4v) is 2.67. The third-order valence-corrected chi connectivity index (χ3v) is 3.77. The van der Waals surface area contributed by atoms with Crippen molar-refractivity contribution in [1.82, 2.24) is 9.97 Å². The number of hydrogen-bond acceptors (Lipinski definition) is 4. The Morgan fingerprint density at radius 2 is 1.95 bits per heavy atom. The molecule has 0 unspecified atom stereocenters. The van der Waals surface area contributed by atoms with E-state index in [2.05, 4.69) is 53.4 Å². The van der Waals surface area contributed by atoms with E-state index in [0.29, 0.717) is 0 Å². The molecule has 1 heterocycles. The Kier molecular flexibility index (Phi) is 4.80. The molecule has 0 spiro atoms. The van der Waals surface area contributed by atoms with Crippen LogP contribution in [0.1, 0.15) is 24.7 Å². The molecule has 0 aliphatic carbocycles. The van der Waals surface area contributed by atoms with E-state index in [0.717, 1.165) is 29.6 Å². The Bertz CT molecular complexity index is 555. The Labute approximate surface area is 118 Å². The predicted molar refractivity (Wildman–Crippen MR) is 80.9 cm³/mol. The van der Waals surface area contributed by atoms with Crippen LogP contribution in [-0.4, -0.2) is 16.5 Å². The van der Waals surface area contributed by atoms with Crippen LogP contribution in [0.25, 0.3) is 0 Å². The third kappa shape index (κ3) is 3.96. The topological polar surface area (TPSA) is 37.8 Å². The van der Waals surface area contributed by atoms with E-state index < -0.39 is 0 Å². The molecule has 0 radical (unpaired) electrons. The minimum absolute atomic E-state index is 0.803. The molecule has 0 fully saturated rings. The minimum atomic E-state index is 0.803. The van der Waals surface area contributed by atoms with Crippen molar-refractivity contribution in [3.63, 3.8) is 0 Å². The average Bonchev–Trinajstić information content (AvgIpc) is 2.38. The van der Waals surface area contributed by atoms with Gasteiger partial charge in [-0.3, -0.25) is 0 Å². The number of nitrogens with one attached hydrogen (secondary N) is 1. The summed E-state index contributed by atoms with van der Waals surface area (Å²) in [4.78, 5) is 10.1. The van der Waals surface area contributed by atoms with E-state index in [-0.39, 0.29) is 0 Å². The lowest BCUT2D eigenvalue weighted by atomic mass is 10.2. The third-order valence-electron chi connectivity index (χ3n) is 2.68. The molecule has 0 aliphatic rings. The Morgan fingerprint density at radius 3 is 2.68 bits per heavy atom. The van der Waals surface area contributed by atoms with Gasteiger partial charge in [-0.15, -0.1) is 0 Å². The van der Waals surface area contributed by atoms with Crippen LogP contribution in [0.15, 0.2) is 40.3 Å². The second-order valence-electron chi connectivity index (χ2n) is 4.43. The molecule has 0 bridgehead atoms. The number of aromatic nitrogens is 2. The van der Waals surface area contributed by atoms with Crippen molar-refractivity contribution in [2.45, 2.75) is 37.1 Å². The molecule has 1 N–H and O–H groups in total. The molecule has 0 saturated heterocycles. The van der Waals surface area contributed by atoms with Gasteiger partial charge in [0.25, 0.3) is 0 Å². The van der Waals surface area contributed by atoms with Crippen molar-refractivity contribution in [2.75, 3.05) is 11.9 Å². The van der Waals surface area contributed by atoms with Gasteiger partial charge in [0, 0.05) is 17.5 Å². The van der Waals surface area contributed by atoms with Crippen LogP contribution in [0.3, 0.4) is 0 Å². The van der Waals surface area contributed by atoms with Crippen LogP contribution < -0.4 is 5.32 Å². The van der Waals surface area contributed by atoms with Gasteiger partial charge in [-0.2, -0.15) is 0 Å². The first-order chi connectivity index (χ1) is 9.19. The first-order valence-electron chi connectivity index (χ1n) is 6.52. The van der Waals surface area contributed by atoms with Gasteiger partial charge in [-0.1, -0.05) is 36.9 Å². The fourth-order valence-electron chi connectivity index (χ4n) is 1.72. The van der Waals surface area contributed by atoms with Crippen molar-refractivity contribution < 1.29 is 0 Å². The summed E-state index contributed by atoms with van der Waals surface area (Å²) in [5, 5.41) is 4.30. The molecular formula is C15H19N3S. The highest BCUT2D eigenvalue weighted by Crippen LogP contribution is 2.29. The average molecular weight is 273 g/mol. The smallest absolute Gasteiger partial charge is 0.130 e. The van der Waals surface area contributed by atoms with Crippen molar-refractivity contribution >= 4 is 17.6 Å². The van der Waals surface area contributed by atoms with Gasteiger partial charge in [-0.05, 0) is 31.9 Å². The Balaban J connectivity index is 2.20. The van der Waals surface area contributed by atoms with Crippen LogP contribution in [-0.2, 0) is 0 Å². The normalized spacial score (nSPS) is 10.5. The molecule has 19 heavy (non-hydrogen) atoms. The number of nitrogens with zero attached hydrogens (tertiary/aromatic N) is 2. The molecule has 0 amide bonds. The van der Waals surface area contributed by atoms with Gasteiger partial charge in [-0.25, -0.2) is 9.97 Å². The summed E-state index contributed by atoms with van der Waals surface area (Å²) in [6.45, 7) is 7.13. The highest BCUT2D eigenvalue weighted by molar-refractivity contribution is 7.99. The molecule has 3 nitrogen and oxygen atoms in total. The first-order valence-corrected chi connectivity index (χ1v) is 7.33. The molecular weight excluding hydrogens is 254 g/mol. The SMILES string of the molecule is CCCNc1cc(Sc2ccccc2C)nc(C)n1. The number of rotatable bonds is 5. The molecule has 0 aliphatic heterocycles. The Hall–Kier alpha value is -1.55. The molecule has 2 aromatic rings.